The fourth-order valence-corrected chi connectivity index (χ4v) is 2.64. The number of ether oxygens (including phenoxy) is 2. The largest absolute Gasteiger partial charge is 0.497 e. The van der Waals surface area contributed by atoms with Gasteiger partial charge in [0.25, 0.3) is 11.1 Å². The minimum atomic E-state index is 0.222. The molecule has 0 saturated carbocycles. The van der Waals surface area contributed by atoms with Gasteiger partial charge >= 0.3 is 0 Å². The fourth-order valence-electron chi connectivity index (χ4n) is 2.04. The van der Waals surface area contributed by atoms with E-state index in [9.17, 15) is 0 Å². The molecular formula is C16H18N4O4S. The van der Waals surface area contributed by atoms with Crippen molar-refractivity contribution < 1.29 is 18.4 Å². The highest BCUT2D eigenvalue weighted by Crippen LogP contribution is 2.34. The van der Waals surface area contributed by atoms with Crippen LogP contribution in [0.25, 0.3) is 11.5 Å². The van der Waals surface area contributed by atoms with Crippen molar-refractivity contribution in [3.05, 3.63) is 29.9 Å². The third-order valence-electron chi connectivity index (χ3n) is 3.36. The zero-order valence-corrected chi connectivity index (χ0v) is 15.2. The quantitative estimate of drug-likeness (QED) is 0.584. The van der Waals surface area contributed by atoms with Crippen LogP contribution < -0.4 is 9.47 Å². The van der Waals surface area contributed by atoms with Crippen LogP contribution in [0.5, 0.6) is 11.5 Å². The van der Waals surface area contributed by atoms with E-state index in [1.807, 2.05) is 19.9 Å². The molecule has 0 saturated heterocycles. The van der Waals surface area contributed by atoms with Crippen LogP contribution in [0.3, 0.4) is 0 Å². The predicted octanol–water partition coefficient (Wildman–Crippen LogP) is 3.55. The van der Waals surface area contributed by atoms with Gasteiger partial charge in [-0.05, 0) is 12.1 Å². The van der Waals surface area contributed by atoms with Crippen molar-refractivity contribution in [2.45, 2.75) is 30.7 Å². The normalized spacial score (nSPS) is 11.1. The van der Waals surface area contributed by atoms with Gasteiger partial charge in [0.05, 0.1) is 25.5 Å². The minimum absolute atomic E-state index is 0.222. The summed E-state index contributed by atoms with van der Waals surface area (Å²) in [5.74, 6) is 3.54. The molecule has 132 valence electrons. The Morgan fingerprint density at radius 1 is 1.16 bits per heavy atom. The molecule has 0 atom stereocenters. The molecule has 25 heavy (non-hydrogen) atoms. The zero-order chi connectivity index (χ0) is 17.8. The van der Waals surface area contributed by atoms with Gasteiger partial charge in [-0.25, -0.2) is 0 Å². The van der Waals surface area contributed by atoms with E-state index in [1.165, 1.54) is 11.8 Å². The standard InChI is InChI=1S/C16H18N4O4S/c1-9(2)14-17-13(24-20-14)8-25-16-19-18-15(23-16)11-6-5-10(21-3)7-12(11)22-4/h5-7,9H,8H2,1-4H3. The Morgan fingerprint density at radius 2 is 2.00 bits per heavy atom. The molecule has 0 bridgehead atoms. The maximum Gasteiger partial charge on any atom is 0.277 e. The molecule has 0 amide bonds. The Morgan fingerprint density at radius 3 is 2.68 bits per heavy atom. The van der Waals surface area contributed by atoms with Crippen molar-refractivity contribution in [2.75, 3.05) is 14.2 Å². The lowest BCUT2D eigenvalue weighted by Gasteiger charge is -2.07. The van der Waals surface area contributed by atoms with Crippen LogP contribution in [0.4, 0.5) is 0 Å². The first-order valence-corrected chi connectivity index (χ1v) is 8.60. The van der Waals surface area contributed by atoms with E-state index in [-0.39, 0.29) is 5.92 Å². The second-order valence-electron chi connectivity index (χ2n) is 5.43. The third-order valence-corrected chi connectivity index (χ3v) is 4.17. The lowest BCUT2D eigenvalue weighted by Crippen LogP contribution is -1.90. The fraction of sp³-hybridized carbons (Fsp3) is 0.375. The molecule has 0 radical (unpaired) electrons. The summed E-state index contributed by atoms with van der Waals surface area (Å²) in [4.78, 5) is 4.31. The van der Waals surface area contributed by atoms with Crippen LogP contribution in [-0.4, -0.2) is 34.6 Å². The second kappa shape index (κ2) is 7.56. The molecule has 3 rings (SSSR count). The number of nitrogens with zero attached hydrogens (tertiary/aromatic N) is 4. The molecule has 0 N–H and O–H groups in total. The molecule has 8 nitrogen and oxygen atoms in total. The maximum absolute atomic E-state index is 5.69. The summed E-state index contributed by atoms with van der Waals surface area (Å²) in [5, 5.41) is 12.4. The van der Waals surface area contributed by atoms with Crippen molar-refractivity contribution in [3.63, 3.8) is 0 Å². The summed E-state index contributed by atoms with van der Waals surface area (Å²) in [5.41, 5.74) is 0.697. The van der Waals surface area contributed by atoms with Crippen molar-refractivity contribution in [1.29, 1.82) is 0 Å². The highest BCUT2D eigenvalue weighted by molar-refractivity contribution is 7.98. The van der Waals surface area contributed by atoms with Gasteiger partial charge < -0.3 is 18.4 Å². The highest BCUT2D eigenvalue weighted by Gasteiger charge is 2.16. The van der Waals surface area contributed by atoms with Gasteiger partial charge in [0, 0.05) is 12.0 Å². The van der Waals surface area contributed by atoms with Crippen molar-refractivity contribution in [3.8, 4) is 23.0 Å². The average Bonchev–Trinajstić information content (AvgIpc) is 3.28. The van der Waals surface area contributed by atoms with Gasteiger partial charge in [0.2, 0.25) is 5.89 Å². The summed E-state index contributed by atoms with van der Waals surface area (Å²) < 4.78 is 21.4. The molecule has 3 aromatic rings. The van der Waals surface area contributed by atoms with Gasteiger partial charge in [0.15, 0.2) is 5.82 Å². The van der Waals surface area contributed by atoms with Crippen molar-refractivity contribution >= 4 is 11.8 Å². The Bertz CT molecular complexity index is 846. The number of methoxy groups -OCH3 is 2. The van der Waals surface area contributed by atoms with Crippen LogP contribution in [0.15, 0.2) is 32.4 Å². The van der Waals surface area contributed by atoms with Crippen LogP contribution >= 0.6 is 11.8 Å². The van der Waals surface area contributed by atoms with E-state index >= 15 is 0 Å². The molecule has 1 aromatic carbocycles. The van der Waals surface area contributed by atoms with E-state index in [4.69, 9.17) is 18.4 Å². The monoisotopic (exact) mass is 362 g/mol. The third kappa shape index (κ3) is 3.93. The number of rotatable bonds is 7. The molecule has 2 aromatic heterocycles. The molecule has 0 aliphatic rings. The van der Waals surface area contributed by atoms with Crippen molar-refractivity contribution in [2.24, 2.45) is 0 Å². The first-order valence-electron chi connectivity index (χ1n) is 7.62. The number of hydrogen-bond acceptors (Lipinski definition) is 9. The van der Waals surface area contributed by atoms with Gasteiger partial charge in [-0.1, -0.05) is 30.8 Å². The number of thioether (sulfide) groups is 1. The SMILES string of the molecule is COc1ccc(-c2nnc(SCc3nc(C(C)C)no3)o2)c(OC)c1. The molecular weight excluding hydrogens is 344 g/mol. The van der Waals surface area contributed by atoms with Gasteiger partial charge in [0.1, 0.15) is 11.5 Å². The van der Waals surface area contributed by atoms with Crippen LogP contribution in [0.2, 0.25) is 0 Å². The van der Waals surface area contributed by atoms with E-state index in [0.717, 1.165) is 0 Å². The van der Waals surface area contributed by atoms with E-state index in [1.54, 1.807) is 26.4 Å². The van der Waals surface area contributed by atoms with E-state index in [2.05, 4.69) is 20.3 Å². The minimum Gasteiger partial charge on any atom is -0.497 e. The second-order valence-corrected chi connectivity index (χ2v) is 6.36. The first-order chi connectivity index (χ1) is 12.1. The summed E-state index contributed by atoms with van der Waals surface area (Å²) in [7, 11) is 3.17. The van der Waals surface area contributed by atoms with Crippen LogP contribution in [0, 0.1) is 0 Å². The summed E-state index contributed by atoms with van der Waals surface area (Å²) in [6.07, 6.45) is 0. The summed E-state index contributed by atoms with van der Waals surface area (Å²) >= 11 is 1.33. The highest BCUT2D eigenvalue weighted by atomic mass is 32.2. The number of hydrogen-bond donors (Lipinski definition) is 0. The number of benzene rings is 1. The van der Waals surface area contributed by atoms with Gasteiger partial charge in [-0.3, -0.25) is 0 Å². The van der Waals surface area contributed by atoms with Gasteiger partial charge in [-0.2, -0.15) is 4.98 Å². The van der Waals surface area contributed by atoms with E-state index < -0.39 is 0 Å². The van der Waals surface area contributed by atoms with Gasteiger partial charge in [-0.15, -0.1) is 10.2 Å². The lowest BCUT2D eigenvalue weighted by molar-refractivity contribution is 0.382. The van der Waals surface area contributed by atoms with Crippen LogP contribution in [0.1, 0.15) is 31.5 Å². The van der Waals surface area contributed by atoms with Crippen LogP contribution in [-0.2, 0) is 5.75 Å². The molecule has 0 spiro atoms. The molecule has 0 aliphatic heterocycles. The van der Waals surface area contributed by atoms with E-state index in [0.29, 0.717) is 45.6 Å². The summed E-state index contributed by atoms with van der Waals surface area (Å²) in [6.45, 7) is 4.02. The predicted molar refractivity (Wildman–Crippen MR) is 90.8 cm³/mol. The average molecular weight is 362 g/mol. The topological polar surface area (TPSA) is 96.3 Å². The maximum atomic E-state index is 5.69. The Hall–Kier alpha value is -2.55. The number of aromatic nitrogens is 4. The Labute approximate surface area is 148 Å². The Kier molecular flexibility index (Phi) is 5.22. The lowest BCUT2D eigenvalue weighted by atomic mass is 10.2. The Balaban J connectivity index is 1.72. The molecule has 9 heteroatoms. The smallest absolute Gasteiger partial charge is 0.277 e. The first kappa shape index (κ1) is 17.3. The molecule has 0 fully saturated rings. The molecule has 0 aliphatic carbocycles. The zero-order valence-electron chi connectivity index (χ0n) is 14.3. The molecule has 2 heterocycles. The molecule has 0 unspecified atom stereocenters. The van der Waals surface area contributed by atoms with Crippen molar-refractivity contribution in [1.82, 2.24) is 20.3 Å². The summed E-state index contributed by atoms with van der Waals surface area (Å²) in [6, 6.07) is 5.38.